The van der Waals surface area contributed by atoms with E-state index in [4.69, 9.17) is 10.00 Å². The summed E-state index contributed by atoms with van der Waals surface area (Å²) in [7, 11) is 0. The van der Waals surface area contributed by atoms with Gasteiger partial charge in [0.15, 0.2) is 5.78 Å². The van der Waals surface area contributed by atoms with Crippen LogP contribution in [-0.2, 0) is 9.53 Å². The van der Waals surface area contributed by atoms with E-state index in [-0.39, 0.29) is 23.7 Å². The van der Waals surface area contributed by atoms with E-state index in [1.165, 1.54) is 30.3 Å². The Morgan fingerprint density at radius 3 is 2.12 bits per heavy atom. The molecular formula is C19H14N2O5. The average molecular weight is 350 g/mol. The third kappa shape index (κ3) is 4.39. The van der Waals surface area contributed by atoms with E-state index < -0.39 is 10.9 Å². The molecule has 0 heterocycles. The van der Waals surface area contributed by atoms with Crippen molar-refractivity contribution in [2.24, 2.45) is 0 Å². The second-order valence-electron chi connectivity index (χ2n) is 5.15. The lowest BCUT2D eigenvalue weighted by Crippen LogP contribution is -2.06. The first-order valence-electron chi connectivity index (χ1n) is 7.64. The maximum Gasteiger partial charge on any atom is 0.348 e. The van der Waals surface area contributed by atoms with Crippen molar-refractivity contribution in [3.63, 3.8) is 0 Å². The molecule has 2 aromatic carbocycles. The number of nitriles is 1. The first kappa shape index (κ1) is 18.5. The molecular weight excluding hydrogens is 336 g/mol. The quantitative estimate of drug-likeness (QED) is 0.197. The highest BCUT2D eigenvalue weighted by Crippen LogP contribution is 2.17. The zero-order valence-corrected chi connectivity index (χ0v) is 13.8. The summed E-state index contributed by atoms with van der Waals surface area (Å²) >= 11 is 0. The number of nitro benzene ring substituents is 1. The van der Waals surface area contributed by atoms with Gasteiger partial charge in [-0.15, -0.1) is 0 Å². The monoisotopic (exact) mass is 350 g/mol. The van der Waals surface area contributed by atoms with Crippen molar-refractivity contribution in [3.05, 3.63) is 80.9 Å². The number of esters is 1. The van der Waals surface area contributed by atoms with Crippen LogP contribution in [0.2, 0.25) is 0 Å². The average Bonchev–Trinajstić information content (AvgIpc) is 2.66. The molecule has 0 aromatic heterocycles. The lowest BCUT2D eigenvalue weighted by atomic mass is 10.0. The minimum atomic E-state index is -0.707. The van der Waals surface area contributed by atoms with Gasteiger partial charge in [0.05, 0.1) is 11.5 Å². The fraction of sp³-hybridized carbons (Fsp3) is 0.105. The van der Waals surface area contributed by atoms with Crippen molar-refractivity contribution in [2.75, 3.05) is 6.61 Å². The predicted octanol–water partition coefficient (Wildman–Crippen LogP) is 3.30. The summed E-state index contributed by atoms with van der Waals surface area (Å²) in [5, 5.41) is 19.7. The summed E-state index contributed by atoms with van der Waals surface area (Å²) in [4.78, 5) is 34.1. The highest BCUT2D eigenvalue weighted by Gasteiger charge is 2.12. The number of benzene rings is 2. The van der Waals surface area contributed by atoms with E-state index >= 15 is 0 Å². The van der Waals surface area contributed by atoms with Crippen molar-refractivity contribution in [1.82, 2.24) is 0 Å². The number of carbonyl (C=O) groups is 2. The van der Waals surface area contributed by atoms with Gasteiger partial charge in [-0.05, 0) is 30.7 Å². The van der Waals surface area contributed by atoms with Crippen molar-refractivity contribution in [2.45, 2.75) is 6.92 Å². The fourth-order valence-corrected chi connectivity index (χ4v) is 2.14. The third-order valence-electron chi connectivity index (χ3n) is 3.44. The second-order valence-corrected chi connectivity index (χ2v) is 5.15. The van der Waals surface area contributed by atoms with Crippen LogP contribution in [0.4, 0.5) is 5.69 Å². The minimum absolute atomic E-state index is 0.0926. The lowest BCUT2D eigenvalue weighted by Gasteiger charge is -2.03. The number of rotatable bonds is 6. The first-order chi connectivity index (χ1) is 12.5. The van der Waals surface area contributed by atoms with Crippen molar-refractivity contribution >= 4 is 23.5 Å². The molecule has 0 bridgehead atoms. The van der Waals surface area contributed by atoms with Crippen LogP contribution in [0.15, 0.2) is 54.1 Å². The Kier molecular flexibility index (Phi) is 5.96. The van der Waals surface area contributed by atoms with Gasteiger partial charge >= 0.3 is 5.97 Å². The van der Waals surface area contributed by atoms with Gasteiger partial charge in [-0.1, -0.05) is 24.3 Å². The highest BCUT2D eigenvalue weighted by molar-refractivity contribution is 6.09. The third-order valence-corrected chi connectivity index (χ3v) is 3.44. The van der Waals surface area contributed by atoms with E-state index in [9.17, 15) is 19.7 Å². The number of carbonyl (C=O) groups excluding carboxylic acids is 2. The molecule has 26 heavy (non-hydrogen) atoms. The largest absolute Gasteiger partial charge is 0.462 e. The van der Waals surface area contributed by atoms with Gasteiger partial charge in [0.1, 0.15) is 11.6 Å². The van der Waals surface area contributed by atoms with E-state index in [1.54, 1.807) is 37.3 Å². The number of nitrogens with zero attached hydrogens (tertiary/aromatic N) is 2. The molecule has 0 aliphatic carbocycles. The number of hydrogen-bond acceptors (Lipinski definition) is 6. The smallest absolute Gasteiger partial charge is 0.348 e. The Hall–Kier alpha value is -3.79. The molecule has 130 valence electrons. The molecule has 0 unspecified atom stereocenters. The molecule has 0 saturated carbocycles. The molecule has 2 aromatic rings. The second kappa shape index (κ2) is 8.35. The molecule has 0 saturated heterocycles. The van der Waals surface area contributed by atoms with Crippen LogP contribution in [-0.4, -0.2) is 23.3 Å². The maximum absolute atomic E-state index is 12.4. The first-order valence-corrected chi connectivity index (χ1v) is 7.64. The Bertz CT molecular complexity index is 906. The number of hydrogen-bond donors (Lipinski definition) is 0. The molecule has 7 nitrogen and oxygen atoms in total. The summed E-state index contributed by atoms with van der Waals surface area (Å²) in [6.07, 6.45) is 1.37. The van der Waals surface area contributed by atoms with Crippen LogP contribution in [0.25, 0.3) is 6.08 Å². The zero-order valence-electron chi connectivity index (χ0n) is 13.8. The Balaban J connectivity index is 2.20. The number of ketones is 1. The molecule has 7 heteroatoms. The van der Waals surface area contributed by atoms with Gasteiger partial charge in [-0.25, -0.2) is 4.79 Å². The molecule has 0 aliphatic rings. The standard InChI is InChI=1S/C19H14N2O5/c1-2-26-19(23)16(12-20)11-13-3-5-14(6-4-13)18(22)15-7-9-17(10-8-15)21(24)25/h3-11H,2H2,1H3/b16-11-. The minimum Gasteiger partial charge on any atom is -0.462 e. The van der Waals surface area contributed by atoms with Gasteiger partial charge < -0.3 is 4.74 Å². The fourth-order valence-electron chi connectivity index (χ4n) is 2.14. The molecule has 0 N–H and O–H groups in total. The highest BCUT2D eigenvalue weighted by atomic mass is 16.6. The molecule has 0 aliphatic heterocycles. The van der Waals surface area contributed by atoms with E-state index in [0.717, 1.165) is 0 Å². The molecule has 0 amide bonds. The van der Waals surface area contributed by atoms with Crippen LogP contribution >= 0.6 is 0 Å². The lowest BCUT2D eigenvalue weighted by molar-refractivity contribution is -0.384. The van der Waals surface area contributed by atoms with Gasteiger partial charge in [-0.2, -0.15) is 5.26 Å². The summed E-state index contributed by atoms with van der Waals surface area (Å²) < 4.78 is 4.78. The number of ether oxygens (including phenoxy) is 1. The number of nitro groups is 1. The maximum atomic E-state index is 12.4. The van der Waals surface area contributed by atoms with Crippen molar-refractivity contribution < 1.29 is 19.2 Å². The van der Waals surface area contributed by atoms with E-state index in [2.05, 4.69) is 0 Å². The van der Waals surface area contributed by atoms with E-state index in [0.29, 0.717) is 16.7 Å². The topological polar surface area (TPSA) is 110 Å². The van der Waals surface area contributed by atoms with Gasteiger partial charge in [0.2, 0.25) is 0 Å². The Labute approximate surface area is 149 Å². The van der Waals surface area contributed by atoms with Crippen LogP contribution in [0.1, 0.15) is 28.4 Å². The summed E-state index contributed by atoms with van der Waals surface area (Å²) in [5.74, 6) is -0.998. The van der Waals surface area contributed by atoms with Gasteiger partial charge in [-0.3, -0.25) is 14.9 Å². The molecule has 0 radical (unpaired) electrons. The van der Waals surface area contributed by atoms with Crippen molar-refractivity contribution in [3.8, 4) is 6.07 Å². The Morgan fingerprint density at radius 2 is 1.65 bits per heavy atom. The normalized spacial score (nSPS) is 10.7. The SMILES string of the molecule is CCOC(=O)/C(C#N)=C\c1ccc(C(=O)c2ccc([N+](=O)[O-])cc2)cc1. The van der Waals surface area contributed by atoms with Crippen LogP contribution in [0.5, 0.6) is 0 Å². The van der Waals surface area contributed by atoms with Crippen molar-refractivity contribution in [1.29, 1.82) is 5.26 Å². The zero-order chi connectivity index (χ0) is 19.1. The van der Waals surface area contributed by atoms with Crippen LogP contribution in [0, 0.1) is 21.4 Å². The Morgan fingerprint density at radius 1 is 1.12 bits per heavy atom. The van der Waals surface area contributed by atoms with E-state index in [1.807, 2.05) is 0 Å². The van der Waals surface area contributed by atoms with Crippen LogP contribution in [0.3, 0.4) is 0 Å². The molecule has 0 atom stereocenters. The van der Waals surface area contributed by atoms with Gasteiger partial charge in [0, 0.05) is 23.3 Å². The molecule has 2 rings (SSSR count). The molecule has 0 spiro atoms. The van der Waals surface area contributed by atoms with Gasteiger partial charge in [0.25, 0.3) is 5.69 Å². The van der Waals surface area contributed by atoms with Crippen LogP contribution < -0.4 is 0 Å². The predicted molar refractivity (Wildman–Crippen MR) is 93.2 cm³/mol. The summed E-state index contributed by atoms with van der Waals surface area (Å²) in [6.45, 7) is 1.81. The number of non-ortho nitro benzene ring substituents is 1. The molecule has 0 fully saturated rings. The summed E-state index contributed by atoms with van der Waals surface area (Å²) in [5.41, 5.74) is 1.04. The summed E-state index contributed by atoms with van der Waals surface area (Å²) in [6, 6.07) is 13.4.